The highest BCUT2D eigenvalue weighted by Gasteiger charge is 2.21. The van der Waals surface area contributed by atoms with Crippen molar-refractivity contribution in [2.24, 2.45) is 5.92 Å². The Bertz CT molecular complexity index is 234. The minimum Gasteiger partial charge on any atom is -0.377 e. The number of ketones is 1. The third-order valence-electron chi connectivity index (χ3n) is 2.86. The Labute approximate surface area is 94.0 Å². The third-order valence-corrected chi connectivity index (χ3v) is 4.21. The van der Waals surface area contributed by atoms with Gasteiger partial charge in [0.05, 0.1) is 17.6 Å². The highest BCUT2D eigenvalue weighted by Crippen LogP contribution is 2.13. The van der Waals surface area contributed by atoms with Gasteiger partial charge in [-0.05, 0) is 19.3 Å². The van der Waals surface area contributed by atoms with Crippen LogP contribution in [0.3, 0.4) is 0 Å². The van der Waals surface area contributed by atoms with E-state index in [1.165, 1.54) is 0 Å². The summed E-state index contributed by atoms with van der Waals surface area (Å²) in [7, 11) is -1.04. The van der Waals surface area contributed by atoms with Crippen molar-refractivity contribution in [3.63, 3.8) is 0 Å². The van der Waals surface area contributed by atoms with Crippen LogP contribution in [0.25, 0.3) is 0 Å². The molecule has 1 fully saturated rings. The first kappa shape index (κ1) is 12.8. The molecule has 3 nitrogen and oxygen atoms in total. The summed E-state index contributed by atoms with van der Waals surface area (Å²) in [5.41, 5.74) is 0. The lowest BCUT2D eigenvalue weighted by molar-refractivity contribution is -0.119. The molecule has 1 aliphatic rings. The molecule has 0 radical (unpaired) electrons. The molecule has 0 aliphatic carbocycles. The van der Waals surface area contributed by atoms with Crippen molar-refractivity contribution in [3.05, 3.63) is 0 Å². The van der Waals surface area contributed by atoms with Crippen LogP contribution in [0.2, 0.25) is 0 Å². The van der Waals surface area contributed by atoms with Crippen molar-refractivity contribution in [3.8, 4) is 0 Å². The summed E-state index contributed by atoms with van der Waals surface area (Å²) in [6, 6.07) is 0. The molecule has 88 valence electrons. The van der Waals surface area contributed by atoms with Crippen LogP contribution in [0.15, 0.2) is 0 Å². The molecule has 1 rings (SSSR count). The van der Waals surface area contributed by atoms with Gasteiger partial charge in [-0.3, -0.25) is 9.00 Å². The smallest absolute Gasteiger partial charge is 0.148 e. The predicted octanol–water partition coefficient (Wildman–Crippen LogP) is 1.53. The fraction of sp³-hybridized carbons (Fsp3) is 0.909. The molecule has 0 aromatic rings. The van der Waals surface area contributed by atoms with Crippen molar-refractivity contribution < 1.29 is 13.7 Å². The molecular weight excluding hydrogens is 212 g/mol. The zero-order valence-corrected chi connectivity index (χ0v) is 10.3. The topological polar surface area (TPSA) is 43.4 Å². The number of carbonyl (C=O) groups is 1. The molecule has 3 unspecified atom stereocenters. The van der Waals surface area contributed by atoms with Crippen molar-refractivity contribution in [2.45, 2.75) is 39.2 Å². The van der Waals surface area contributed by atoms with Crippen LogP contribution in [-0.2, 0) is 20.3 Å². The lowest BCUT2D eigenvalue weighted by atomic mass is 10.1. The summed E-state index contributed by atoms with van der Waals surface area (Å²) >= 11 is 0. The summed E-state index contributed by atoms with van der Waals surface area (Å²) in [6.07, 6.45) is 3.00. The minimum absolute atomic E-state index is 0.0402. The lowest BCUT2D eigenvalue weighted by Crippen LogP contribution is -2.24. The number of hydrogen-bond donors (Lipinski definition) is 0. The Balaban J connectivity index is 2.25. The molecule has 1 saturated heterocycles. The second kappa shape index (κ2) is 6.38. The van der Waals surface area contributed by atoms with Gasteiger partial charge in [0, 0.05) is 23.3 Å². The molecule has 0 amide bonds. The average molecular weight is 232 g/mol. The zero-order valence-electron chi connectivity index (χ0n) is 9.53. The van der Waals surface area contributed by atoms with E-state index < -0.39 is 10.8 Å². The Hall–Kier alpha value is -0.220. The SMILES string of the molecule is CCC(C)C(=O)CS(=O)CC1CCCO1. The Morgan fingerprint density at radius 3 is 2.87 bits per heavy atom. The van der Waals surface area contributed by atoms with Gasteiger partial charge in [0.25, 0.3) is 0 Å². The van der Waals surface area contributed by atoms with Gasteiger partial charge in [-0.2, -0.15) is 0 Å². The standard InChI is InChI=1S/C11H20O3S/c1-3-9(2)11(12)8-15(13)7-10-5-4-6-14-10/h9-10H,3-8H2,1-2H3. The first-order valence-corrected chi connectivity index (χ1v) is 7.11. The first-order valence-electron chi connectivity index (χ1n) is 5.62. The van der Waals surface area contributed by atoms with Crippen molar-refractivity contribution in [1.29, 1.82) is 0 Å². The summed E-state index contributed by atoms with van der Waals surface area (Å²) in [5, 5.41) is 0. The van der Waals surface area contributed by atoms with Gasteiger partial charge in [0.15, 0.2) is 0 Å². The molecule has 4 heteroatoms. The van der Waals surface area contributed by atoms with E-state index in [1.807, 2.05) is 13.8 Å². The van der Waals surface area contributed by atoms with Gasteiger partial charge in [-0.25, -0.2) is 0 Å². The Morgan fingerprint density at radius 2 is 2.33 bits per heavy atom. The predicted molar refractivity (Wildman–Crippen MR) is 61.3 cm³/mol. The van der Waals surface area contributed by atoms with Crippen LogP contribution in [0.4, 0.5) is 0 Å². The van der Waals surface area contributed by atoms with Gasteiger partial charge in [0.1, 0.15) is 5.78 Å². The van der Waals surface area contributed by atoms with E-state index in [4.69, 9.17) is 4.74 Å². The fourth-order valence-electron chi connectivity index (χ4n) is 1.57. The van der Waals surface area contributed by atoms with Gasteiger partial charge in [-0.15, -0.1) is 0 Å². The van der Waals surface area contributed by atoms with Crippen molar-refractivity contribution >= 4 is 16.6 Å². The quantitative estimate of drug-likeness (QED) is 0.697. The number of ether oxygens (including phenoxy) is 1. The fourth-order valence-corrected chi connectivity index (χ4v) is 2.97. The van der Waals surface area contributed by atoms with Gasteiger partial charge in [-0.1, -0.05) is 13.8 Å². The van der Waals surface area contributed by atoms with Crippen LogP contribution in [0.5, 0.6) is 0 Å². The molecule has 0 spiro atoms. The van der Waals surface area contributed by atoms with Crippen molar-refractivity contribution in [2.75, 3.05) is 18.1 Å². The monoisotopic (exact) mass is 232 g/mol. The van der Waals surface area contributed by atoms with Crippen LogP contribution < -0.4 is 0 Å². The molecule has 0 bridgehead atoms. The lowest BCUT2D eigenvalue weighted by Gasteiger charge is -2.10. The van der Waals surface area contributed by atoms with E-state index in [9.17, 15) is 9.00 Å². The zero-order chi connectivity index (χ0) is 11.3. The van der Waals surface area contributed by atoms with E-state index in [0.29, 0.717) is 5.75 Å². The maximum absolute atomic E-state index is 11.6. The van der Waals surface area contributed by atoms with E-state index in [2.05, 4.69) is 0 Å². The normalized spacial score (nSPS) is 25.1. The van der Waals surface area contributed by atoms with Crippen LogP contribution in [0, 0.1) is 5.92 Å². The van der Waals surface area contributed by atoms with E-state index in [-0.39, 0.29) is 23.6 Å². The number of carbonyl (C=O) groups excluding carboxylic acids is 1. The maximum atomic E-state index is 11.6. The number of Topliss-reactive ketones (excluding diaryl/α,β-unsaturated/α-hetero) is 1. The van der Waals surface area contributed by atoms with E-state index in [1.54, 1.807) is 0 Å². The second-order valence-corrected chi connectivity index (χ2v) is 5.66. The van der Waals surface area contributed by atoms with Gasteiger partial charge in [0.2, 0.25) is 0 Å². The van der Waals surface area contributed by atoms with Crippen LogP contribution in [0.1, 0.15) is 33.1 Å². The Kier molecular flexibility index (Phi) is 5.47. The average Bonchev–Trinajstić information content (AvgIpc) is 2.68. The summed E-state index contributed by atoms with van der Waals surface area (Å²) in [6.45, 7) is 4.65. The Morgan fingerprint density at radius 1 is 1.60 bits per heavy atom. The van der Waals surface area contributed by atoms with Crippen LogP contribution in [-0.4, -0.2) is 34.2 Å². The van der Waals surface area contributed by atoms with E-state index in [0.717, 1.165) is 25.9 Å². The highest BCUT2D eigenvalue weighted by molar-refractivity contribution is 7.85. The third kappa shape index (κ3) is 4.43. The molecular formula is C11H20O3S. The summed E-state index contributed by atoms with van der Waals surface area (Å²) in [5.74, 6) is 0.893. The van der Waals surface area contributed by atoms with Gasteiger partial charge >= 0.3 is 0 Å². The largest absolute Gasteiger partial charge is 0.377 e. The second-order valence-electron chi connectivity index (χ2n) is 4.16. The summed E-state index contributed by atoms with van der Waals surface area (Å²) < 4.78 is 17.0. The highest BCUT2D eigenvalue weighted by atomic mass is 32.2. The first-order chi connectivity index (χ1) is 7.13. The molecule has 1 aliphatic heterocycles. The van der Waals surface area contributed by atoms with Gasteiger partial charge < -0.3 is 4.74 Å². The molecule has 1 heterocycles. The molecule has 0 aromatic heterocycles. The summed E-state index contributed by atoms with van der Waals surface area (Å²) in [4.78, 5) is 11.5. The van der Waals surface area contributed by atoms with E-state index >= 15 is 0 Å². The minimum atomic E-state index is -1.04. The molecule has 0 saturated carbocycles. The van der Waals surface area contributed by atoms with Crippen molar-refractivity contribution in [1.82, 2.24) is 0 Å². The molecule has 15 heavy (non-hydrogen) atoms. The molecule has 0 N–H and O–H groups in total. The molecule has 0 aromatic carbocycles. The van der Waals surface area contributed by atoms with Crippen LogP contribution >= 0.6 is 0 Å². The number of hydrogen-bond acceptors (Lipinski definition) is 3. The maximum Gasteiger partial charge on any atom is 0.148 e. The molecule has 3 atom stereocenters. The number of rotatable bonds is 6.